The van der Waals surface area contributed by atoms with Gasteiger partial charge in [-0.3, -0.25) is 9.69 Å². The number of aryl methyl sites for hydroxylation is 2. The Morgan fingerprint density at radius 2 is 1.42 bits per heavy atom. The first-order chi connectivity index (χ1) is 21.8. The molecule has 0 spiro atoms. The predicted molar refractivity (Wildman–Crippen MR) is 182 cm³/mol. The van der Waals surface area contributed by atoms with Crippen LogP contribution in [0, 0.1) is 19.7 Å². The number of amides is 1. The summed E-state index contributed by atoms with van der Waals surface area (Å²) >= 11 is 0. The molecule has 45 heavy (non-hydrogen) atoms. The van der Waals surface area contributed by atoms with E-state index in [1.54, 1.807) is 12.1 Å². The van der Waals surface area contributed by atoms with Gasteiger partial charge in [0, 0.05) is 87.6 Å². The van der Waals surface area contributed by atoms with Crippen molar-refractivity contribution in [3.63, 3.8) is 0 Å². The molecule has 7 heteroatoms. The molecule has 0 N–H and O–H groups in total. The van der Waals surface area contributed by atoms with Crippen LogP contribution in [0.1, 0.15) is 44.7 Å². The Labute approximate surface area is 268 Å². The maximum atomic E-state index is 13.5. The van der Waals surface area contributed by atoms with E-state index in [2.05, 4.69) is 70.5 Å². The number of nitrogens with zero attached hydrogens (tertiary/aromatic N) is 5. The number of benzene rings is 3. The molecule has 2 saturated heterocycles. The summed E-state index contributed by atoms with van der Waals surface area (Å²) in [5, 5.41) is 1.34. The Hall–Kier alpha value is -3.52. The number of carbonyl (C=O) groups is 1. The second-order valence-electron chi connectivity index (χ2n) is 13.1. The van der Waals surface area contributed by atoms with Crippen molar-refractivity contribution in [1.82, 2.24) is 24.2 Å². The fraction of sp³-hybridized carbons (Fsp3) is 0.447. The largest absolute Gasteiger partial charge is 0.345 e. The summed E-state index contributed by atoms with van der Waals surface area (Å²) in [6, 6.07) is 21.9. The van der Waals surface area contributed by atoms with Gasteiger partial charge in [0.25, 0.3) is 5.91 Å². The number of piperazine rings is 2. The Balaban J connectivity index is 1.04. The Morgan fingerprint density at radius 1 is 0.733 bits per heavy atom. The molecule has 4 aromatic rings. The molecular formula is C38H48FN5O. The van der Waals surface area contributed by atoms with Gasteiger partial charge in [-0.2, -0.15) is 0 Å². The molecule has 6 rings (SSSR count). The molecular weight excluding hydrogens is 561 g/mol. The quantitative estimate of drug-likeness (QED) is 0.234. The molecule has 2 aliphatic rings. The van der Waals surface area contributed by atoms with Crippen molar-refractivity contribution in [3.8, 4) is 0 Å². The Morgan fingerprint density at radius 3 is 2.20 bits per heavy atom. The lowest BCUT2D eigenvalue weighted by molar-refractivity contribution is 0.0638. The second kappa shape index (κ2) is 14.3. The summed E-state index contributed by atoms with van der Waals surface area (Å²) in [5.41, 5.74) is 8.27. The molecule has 1 amide bonds. The van der Waals surface area contributed by atoms with E-state index in [-0.39, 0.29) is 11.7 Å². The number of fused-ring (bicyclic) bond motifs is 1. The first-order valence-corrected chi connectivity index (χ1v) is 16.7. The van der Waals surface area contributed by atoms with Crippen molar-refractivity contribution in [2.24, 2.45) is 0 Å². The van der Waals surface area contributed by atoms with Crippen LogP contribution in [0.2, 0.25) is 0 Å². The van der Waals surface area contributed by atoms with Crippen LogP contribution in [-0.2, 0) is 19.4 Å². The summed E-state index contributed by atoms with van der Waals surface area (Å²) in [6.07, 6.45) is 2.79. The zero-order valence-electron chi connectivity index (χ0n) is 27.3. The maximum Gasteiger partial charge on any atom is 0.253 e. The summed E-state index contributed by atoms with van der Waals surface area (Å²) in [7, 11) is 2.21. The molecule has 0 atom stereocenters. The van der Waals surface area contributed by atoms with E-state index in [4.69, 9.17) is 0 Å². The molecule has 2 fully saturated rings. The Bertz CT molecular complexity index is 1610. The van der Waals surface area contributed by atoms with Gasteiger partial charge in [0.1, 0.15) is 5.82 Å². The van der Waals surface area contributed by atoms with Gasteiger partial charge in [0.05, 0.1) is 0 Å². The lowest BCUT2D eigenvalue weighted by Crippen LogP contribution is -2.49. The maximum absolute atomic E-state index is 13.5. The third-order valence-electron chi connectivity index (χ3n) is 10.0. The average Bonchev–Trinajstić information content (AvgIpc) is 3.29. The molecule has 0 bridgehead atoms. The van der Waals surface area contributed by atoms with Crippen LogP contribution in [0.4, 0.5) is 4.39 Å². The van der Waals surface area contributed by atoms with Crippen LogP contribution in [0.5, 0.6) is 0 Å². The molecule has 0 radical (unpaired) electrons. The number of hydrogen-bond acceptors (Lipinski definition) is 4. The van der Waals surface area contributed by atoms with Gasteiger partial charge in [-0.05, 0) is 105 Å². The van der Waals surface area contributed by atoms with Gasteiger partial charge in [-0.25, -0.2) is 4.39 Å². The summed E-state index contributed by atoms with van der Waals surface area (Å²) in [6.45, 7) is 15.4. The molecule has 0 unspecified atom stereocenters. The number of halogens is 1. The van der Waals surface area contributed by atoms with Crippen molar-refractivity contribution in [2.75, 3.05) is 72.5 Å². The number of rotatable bonds is 10. The van der Waals surface area contributed by atoms with Crippen LogP contribution in [-0.4, -0.2) is 103 Å². The van der Waals surface area contributed by atoms with Crippen LogP contribution in [0.3, 0.4) is 0 Å². The van der Waals surface area contributed by atoms with E-state index >= 15 is 0 Å². The Kier molecular flexibility index (Phi) is 9.98. The van der Waals surface area contributed by atoms with E-state index < -0.39 is 0 Å². The smallest absolute Gasteiger partial charge is 0.253 e. The fourth-order valence-corrected chi connectivity index (χ4v) is 7.01. The second-order valence-corrected chi connectivity index (χ2v) is 13.1. The topological polar surface area (TPSA) is 35.0 Å². The van der Waals surface area contributed by atoms with Crippen molar-refractivity contribution in [3.05, 3.63) is 106 Å². The highest BCUT2D eigenvalue weighted by Gasteiger charge is 2.22. The molecule has 3 aromatic carbocycles. The van der Waals surface area contributed by atoms with Gasteiger partial charge >= 0.3 is 0 Å². The normalized spacial score (nSPS) is 16.9. The minimum atomic E-state index is -0.183. The third-order valence-corrected chi connectivity index (χ3v) is 10.0. The van der Waals surface area contributed by atoms with E-state index in [0.29, 0.717) is 13.1 Å². The molecule has 3 heterocycles. The van der Waals surface area contributed by atoms with Crippen molar-refractivity contribution in [2.45, 2.75) is 39.7 Å². The van der Waals surface area contributed by atoms with Crippen LogP contribution >= 0.6 is 0 Å². The minimum absolute atomic E-state index is 0.109. The highest BCUT2D eigenvalue weighted by molar-refractivity contribution is 5.94. The lowest BCUT2D eigenvalue weighted by atomic mass is 10.0. The summed E-state index contributed by atoms with van der Waals surface area (Å²) in [4.78, 5) is 22.8. The number of likely N-dealkylation sites (N-methyl/N-ethyl adjacent to an activating group) is 1. The van der Waals surface area contributed by atoms with Crippen molar-refractivity contribution >= 4 is 16.8 Å². The van der Waals surface area contributed by atoms with Gasteiger partial charge in [0.2, 0.25) is 0 Å². The molecule has 6 nitrogen and oxygen atoms in total. The van der Waals surface area contributed by atoms with Gasteiger partial charge in [-0.15, -0.1) is 0 Å². The van der Waals surface area contributed by atoms with E-state index in [1.165, 1.54) is 66.4 Å². The number of aromatic nitrogens is 1. The third kappa shape index (κ3) is 7.66. The molecule has 1 aromatic heterocycles. The van der Waals surface area contributed by atoms with E-state index in [9.17, 15) is 9.18 Å². The van der Waals surface area contributed by atoms with E-state index in [1.807, 2.05) is 23.1 Å². The summed E-state index contributed by atoms with van der Waals surface area (Å²) in [5.74, 6) is -0.0743. The van der Waals surface area contributed by atoms with Crippen LogP contribution in [0.15, 0.2) is 66.7 Å². The average molecular weight is 610 g/mol. The molecule has 238 valence electrons. The number of hydrogen-bond donors (Lipinski definition) is 0. The highest BCUT2D eigenvalue weighted by atomic mass is 19.1. The first-order valence-electron chi connectivity index (χ1n) is 16.7. The molecule has 0 aliphatic carbocycles. The monoisotopic (exact) mass is 609 g/mol. The van der Waals surface area contributed by atoms with Crippen LogP contribution in [0.25, 0.3) is 10.9 Å². The SMILES string of the molecule is Cc1c(C)n(CCCN2CCN(C)CC2)c2ccc(Cc3cccc(C(=O)N4CCN(CCc5cccc(F)c5)CC4)c3)cc12. The predicted octanol–water partition coefficient (Wildman–Crippen LogP) is 5.63. The van der Waals surface area contributed by atoms with Crippen molar-refractivity contribution in [1.29, 1.82) is 0 Å². The lowest BCUT2D eigenvalue weighted by Gasteiger charge is -2.34. The first kappa shape index (κ1) is 31.5. The highest BCUT2D eigenvalue weighted by Crippen LogP contribution is 2.28. The molecule has 2 aliphatic heterocycles. The zero-order chi connectivity index (χ0) is 31.3. The van der Waals surface area contributed by atoms with Crippen LogP contribution < -0.4 is 0 Å². The van der Waals surface area contributed by atoms with Gasteiger partial charge in [0.15, 0.2) is 0 Å². The number of carbonyl (C=O) groups excluding carboxylic acids is 1. The van der Waals surface area contributed by atoms with Gasteiger partial charge in [-0.1, -0.05) is 30.3 Å². The minimum Gasteiger partial charge on any atom is -0.345 e. The van der Waals surface area contributed by atoms with Gasteiger partial charge < -0.3 is 19.3 Å². The molecule has 0 saturated carbocycles. The standard InChI is InChI=1S/C38H48FN5O/c1-29-30(2)44(15-6-14-41-19-17-40(3)18-20-41)37-12-11-33(28-36(29)37)25-32-8-4-9-34(26-32)38(45)43-23-21-42(22-24-43)16-13-31-7-5-10-35(39)27-31/h4-5,7-12,26-28H,6,13-25H2,1-3H3. The van der Waals surface area contributed by atoms with Crippen molar-refractivity contribution < 1.29 is 9.18 Å². The zero-order valence-corrected chi connectivity index (χ0v) is 27.3. The fourth-order valence-electron chi connectivity index (χ4n) is 7.01. The van der Waals surface area contributed by atoms with E-state index in [0.717, 1.165) is 62.3 Å². The summed E-state index contributed by atoms with van der Waals surface area (Å²) < 4.78 is 16.0.